The minimum absolute atomic E-state index is 0.190. The van der Waals surface area contributed by atoms with E-state index in [1.54, 1.807) is 79.9 Å². The molecule has 0 fully saturated rings. The zero-order valence-corrected chi connectivity index (χ0v) is 28.1. The van der Waals surface area contributed by atoms with Crippen LogP contribution in [0.3, 0.4) is 0 Å². The van der Waals surface area contributed by atoms with Gasteiger partial charge in [0.05, 0.1) is 29.9 Å². The Labute approximate surface area is 284 Å². The third kappa shape index (κ3) is 9.45. The third-order valence-electron chi connectivity index (χ3n) is 7.57. The van der Waals surface area contributed by atoms with Gasteiger partial charge < -0.3 is 23.7 Å². The van der Waals surface area contributed by atoms with Crippen LogP contribution in [0, 0.1) is 5.92 Å². The molecule has 0 N–H and O–H groups in total. The Morgan fingerprint density at radius 1 is 0.646 bits per heavy atom. The molecule has 3 unspecified atom stereocenters. The van der Waals surface area contributed by atoms with Crippen LogP contribution in [-0.2, 0) is 23.8 Å². The lowest BCUT2D eigenvalue weighted by Crippen LogP contribution is -2.33. The lowest BCUT2D eigenvalue weighted by Gasteiger charge is -2.17. The second kappa shape index (κ2) is 16.6. The molecule has 0 amide bonds. The van der Waals surface area contributed by atoms with Crippen LogP contribution in [0.4, 0.5) is 0 Å². The molecular weight excluding hydrogens is 636 g/mol. The van der Waals surface area contributed by atoms with E-state index in [0.717, 1.165) is 28.7 Å². The molecule has 3 atom stereocenters. The molecule has 0 spiro atoms. The summed E-state index contributed by atoms with van der Waals surface area (Å²) in [7, 11) is 1.55. The molecule has 0 bridgehead atoms. The zero-order chi connectivity index (χ0) is 34.8. The summed E-state index contributed by atoms with van der Waals surface area (Å²) in [5.41, 5.74) is 4.02. The van der Waals surface area contributed by atoms with Gasteiger partial charge in [0, 0.05) is 0 Å². The van der Waals surface area contributed by atoms with Crippen LogP contribution in [0.2, 0.25) is 5.02 Å². The molecule has 10 heteroatoms. The number of esters is 4. The first-order valence-corrected chi connectivity index (χ1v) is 15.8. The fourth-order valence-electron chi connectivity index (χ4n) is 4.38. The number of carbonyl (C=O) groups excluding carboxylic acids is 4. The molecule has 0 heterocycles. The first-order chi connectivity index (χ1) is 23.0. The Balaban J connectivity index is 1.29. The second-order valence-electron chi connectivity index (χ2n) is 11.2. The highest BCUT2D eigenvalue weighted by Crippen LogP contribution is 2.30. The van der Waals surface area contributed by atoms with Gasteiger partial charge in [-0.2, -0.15) is 0 Å². The van der Waals surface area contributed by atoms with Crippen LogP contribution in [-0.4, -0.2) is 49.8 Å². The van der Waals surface area contributed by atoms with Gasteiger partial charge in [0.15, 0.2) is 12.2 Å². The van der Waals surface area contributed by atoms with Crippen molar-refractivity contribution in [2.24, 2.45) is 5.92 Å². The molecule has 0 aliphatic heterocycles. The van der Waals surface area contributed by atoms with E-state index in [1.165, 1.54) is 13.8 Å². The number of benzene rings is 4. The van der Waals surface area contributed by atoms with Crippen molar-refractivity contribution in [1.29, 1.82) is 0 Å². The van der Waals surface area contributed by atoms with Gasteiger partial charge in [-0.1, -0.05) is 74.3 Å². The minimum atomic E-state index is -1.23. The van der Waals surface area contributed by atoms with Gasteiger partial charge in [0.2, 0.25) is 0 Å². The van der Waals surface area contributed by atoms with E-state index in [0.29, 0.717) is 22.1 Å². The largest absolute Gasteiger partial charge is 0.495 e. The monoisotopic (exact) mass is 672 g/mol. The number of methoxy groups -OCH3 is 1. The van der Waals surface area contributed by atoms with E-state index < -0.39 is 36.1 Å². The molecule has 9 nitrogen and oxygen atoms in total. The van der Waals surface area contributed by atoms with Gasteiger partial charge in [-0.25, -0.2) is 19.2 Å². The summed E-state index contributed by atoms with van der Waals surface area (Å²) in [4.78, 5) is 49.9. The third-order valence-corrected chi connectivity index (χ3v) is 7.87. The molecule has 0 radical (unpaired) electrons. The maximum atomic E-state index is 12.8. The smallest absolute Gasteiger partial charge is 0.348 e. The molecule has 4 rings (SSSR count). The van der Waals surface area contributed by atoms with E-state index in [9.17, 15) is 19.2 Å². The van der Waals surface area contributed by atoms with E-state index in [2.05, 4.69) is 0 Å². The van der Waals surface area contributed by atoms with Gasteiger partial charge in [0.1, 0.15) is 11.5 Å². The summed E-state index contributed by atoms with van der Waals surface area (Å²) in [6.07, 6.45) is -1.52. The van der Waals surface area contributed by atoms with Crippen molar-refractivity contribution in [2.45, 2.75) is 46.3 Å². The molecule has 4 aromatic carbocycles. The number of halogens is 1. The molecule has 0 aromatic heterocycles. The predicted octanol–water partition coefficient (Wildman–Crippen LogP) is 7.97. The summed E-state index contributed by atoms with van der Waals surface area (Å²) >= 11 is 6.24. The minimum Gasteiger partial charge on any atom is -0.495 e. The van der Waals surface area contributed by atoms with Gasteiger partial charge in [-0.05, 0) is 90.6 Å². The van der Waals surface area contributed by atoms with Gasteiger partial charge >= 0.3 is 23.9 Å². The summed E-state index contributed by atoms with van der Waals surface area (Å²) < 4.78 is 26.3. The lowest BCUT2D eigenvalue weighted by molar-refractivity contribution is -0.172. The number of ether oxygens (including phenoxy) is 5. The molecular formula is C38H37ClO9. The molecule has 0 aliphatic carbocycles. The summed E-state index contributed by atoms with van der Waals surface area (Å²) in [6.45, 7) is 6.93. The second-order valence-corrected chi connectivity index (χ2v) is 11.6. The Kier molecular flexibility index (Phi) is 12.4. The fourth-order valence-corrected chi connectivity index (χ4v) is 4.64. The number of hydrogen-bond acceptors (Lipinski definition) is 9. The summed E-state index contributed by atoms with van der Waals surface area (Å²) in [5.74, 6) is -1.60. The van der Waals surface area contributed by atoms with Crippen LogP contribution < -0.4 is 9.47 Å². The van der Waals surface area contributed by atoms with Gasteiger partial charge in [-0.15, -0.1) is 0 Å². The van der Waals surface area contributed by atoms with Crippen molar-refractivity contribution in [2.75, 3.05) is 13.7 Å². The highest BCUT2D eigenvalue weighted by Gasteiger charge is 2.26. The Bertz CT molecular complexity index is 1730. The Hall–Kier alpha value is -5.15. The Morgan fingerprint density at radius 3 is 1.69 bits per heavy atom. The van der Waals surface area contributed by atoms with Crippen molar-refractivity contribution in [3.8, 4) is 33.8 Å². The van der Waals surface area contributed by atoms with E-state index in [4.69, 9.17) is 35.3 Å². The average molecular weight is 673 g/mol. The van der Waals surface area contributed by atoms with Crippen LogP contribution in [0.25, 0.3) is 22.3 Å². The quantitative estimate of drug-likeness (QED) is 0.0792. The summed E-state index contributed by atoms with van der Waals surface area (Å²) in [5, 5.41) is 0.495. The van der Waals surface area contributed by atoms with Crippen LogP contribution >= 0.6 is 11.6 Å². The maximum Gasteiger partial charge on any atom is 0.348 e. The molecule has 0 saturated heterocycles. The first kappa shape index (κ1) is 35.7. The predicted molar refractivity (Wildman–Crippen MR) is 181 cm³/mol. The number of rotatable bonds is 13. The number of carbonyl (C=O) groups is 4. The van der Waals surface area contributed by atoms with Crippen molar-refractivity contribution in [3.05, 3.63) is 107 Å². The topological polar surface area (TPSA) is 114 Å². The molecule has 4 aromatic rings. The van der Waals surface area contributed by atoms with E-state index in [1.807, 2.05) is 32.0 Å². The van der Waals surface area contributed by atoms with Crippen LogP contribution in [0.1, 0.15) is 54.8 Å². The first-order valence-electron chi connectivity index (χ1n) is 15.4. The van der Waals surface area contributed by atoms with Gasteiger partial charge in [-0.3, -0.25) is 0 Å². The summed E-state index contributed by atoms with van der Waals surface area (Å²) in [6, 6.07) is 26.0. The standard InChI is InChI=1S/C38H37ClO9/c1-6-23(2)22-45-35(40)24(3)46-36(41)25(4)47-37(42)29-11-7-26(8-12-29)27-15-18-32(19-16-27)48-38(43)30-13-9-28(10-14-30)31-17-20-34(44-5)33(39)21-31/h7-21,23-25H,6,22H2,1-5H3. The highest BCUT2D eigenvalue weighted by molar-refractivity contribution is 6.32. The van der Waals surface area contributed by atoms with E-state index in [-0.39, 0.29) is 18.1 Å². The molecule has 48 heavy (non-hydrogen) atoms. The highest BCUT2D eigenvalue weighted by atomic mass is 35.5. The van der Waals surface area contributed by atoms with Gasteiger partial charge in [0.25, 0.3) is 0 Å². The fraction of sp³-hybridized carbons (Fsp3) is 0.263. The van der Waals surface area contributed by atoms with Crippen molar-refractivity contribution >= 4 is 35.5 Å². The SMILES string of the molecule is CCC(C)COC(=O)C(C)OC(=O)C(C)OC(=O)c1ccc(-c2ccc(OC(=O)c3ccc(-c4ccc(OC)c(Cl)c4)cc3)cc2)cc1. The van der Waals surface area contributed by atoms with Crippen molar-refractivity contribution in [3.63, 3.8) is 0 Å². The van der Waals surface area contributed by atoms with Crippen molar-refractivity contribution in [1.82, 2.24) is 0 Å². The molecule has 250 valence electrons. The van der Waals surface area contributed by atoms with Crippen LogP contribution in [0.15, 0.2) is 91.0 Å². The maximum absolute atomic E-state index is 12.8. The van der Waals surface area contributed by atoms with Crippen LogP contribution in [0.5, 0.6) is 11.5 Å². The normalized spacial score (nSPS) is 12.6. The lowest BCUT2D eigenvalue weighted by atomic mass is 10.0. The van der Waals surface area contributed by atoms with E-state index >= 15 is 0 Å². The molecule has 0 aliphatic rings. The zero-order valence-electron chi connectivity index (χ0n) is 27.4. The number of hydrogen-bond donors (Lipinski definition) is 0. The molecule has 0 saturated carbocycles. The Morgan fingerprint density at radius 2 is 1.15 bits per heavy atom. The van der Waals surface area contributed by atoms with Crippen molar-refractivity contribution < 1.29 is 42.9 Å². The average Bonchev–Trinajstić information content (AvgIpc) is 3.10.